The fraction of sp³-hybridized carbons (Fsp3) is 0.429. The zero-order valence-corrected chi connectivity index (χ0v) is 11.7. The van der Waals surface area contributed by atoms with Crippen LogP contribution in [0, 0.1) is 0 Å². The van der Waals surface area contributed by atoms with Crippen LogP contribution < -0.4 is 5.32 Å². The van der Waals surface area contributed by atoms with Crippen LogP contribution in [0.3, 0.4) is 0 Å². The highest BCUT2D eigenvalue weighted by Gasteiger charge is 2.06. The van der Waals surface area contributed by atoms with Crippen molar-refractivity contribution in [3.8, 4) is 0 Å². The highest BCUT2D eigenvalue weighted by Crippen LogP contribution is 2.17. The summed E-state index contributed by atoms with van der Waals surface area (Å²) in [6.45, 7) is 5.17. The fourth-order valence-corrected chi connectivity index (χ4v) is 2.64. The zero-order chi connectivity index (χ0) is 12.8. The quantitative estimate of drug-likeness (QED) is 0.833. The van der Waals surface area contributed by atoms with Crippen LogP contribution in [0.15, 0.2) is 40.5 Å². The number of rotatable bonds is 7. The van der Waals surface area contributed by atoms with Gasteiger partial charge in [0.05, 0.1) is 12.5 Å². The van der Waals surface area contributed by atoms with Gasteiger partial charge in [-0.3, -0.25) is 0 Å². The molecule has 1 N–H and O–H groups in total. The smallest absolute Gasteiger partial charge is 0.0947 e. The Hall–Kier alpha value is -1.10. The molecular weight excluding hydrogens is 244 g/mol. The van der Waals surface area contributed by atoms with E-state index in [-0.39, 0.29) is 0 Å². The van der Waals surface area contributed by atoms with Crippen LogP contribution in [0.5, 0.6) is 0 Å². The van der Waals surface area contributed by atoms with E-state index in [1.807, 2.05) is 6.07 Å². The number of nitrogens with zero attached hydrogens (tertiary/aromatic N) is 1. The molecule has 2 heterocycles. The van der Waals surface area contributed by atoms with E-state index in [1.54, 1.807) is 23.9 Å². The summed E-state index contributed by atoms with van der Waals surface area (Å²) in [5.74, 6) is 0. The van der Waals surface area contributed by atoms with Crippen LogP contribution in [0.4, 0.5) is 0 Å². The molecule has 0 amide bonds. The van der Waals surface area contributed by atoms with Crippen molar-refractivity contribution in [3.05, 3.63) is 46.5 Å². The molecule has 0 bridgehead atoms. The molecule has 0 aliphatic heterocycles. The molecule has 2 aromatic heterocycles. The summed E-state index contributed by atoms with van der Waals surface area (Å²) in [6.07, 6.45) is 3.53. The molecule has 2 rings (SSSR count). The maximum Gasteiger partial charge on any atom is 0.0947 e. The standard InChI is InChI=1S/C14H20N2OS/c1-12(14-4-3-9-18-14)15-6-7-16(2)10-13-5-8-17-11-13/h3-5,8-9,11-12,15H,6-7,10H2,1-2H3. The van der Waals surface area contributed by atoms with Crippen molar-refractivity contribution in [2.75, 3.05) is 20.1 Å². The Kier molecular flexibility index (Phi) is 4.99. The van der Waals surface area contributed by atoms with E-state index in [9.17, 15) is 0 Å². The average molecular weight is 264 g/mol. The lowest BCUT2D eigenvalue weighted by Gasteiger charge is -2.18. The molecule has 1 atom stereocenters. The molecule has 2 aromatic rings. The van der Waals surface area contributed by atoms with Crippen LogP contribution in [0.25, 0.3) is 0 Å². The molecule has 4 heteroatoms. The minimum absolute atomic E-state index is 0.437. The SMILES string of the molecule is CC(NCCN(C)Cc1ccoc1)c1cccs1. The van der Waals surface area contributed by atoms with Crippen molar-refractivity contribution in [2.24, 2.45) is 0 Å². The zero-order valence-electron chi connectivity index (χ0n) is 10.9. The first-order valence-corrected chi connectivity index (χ1v) is 7.10. The van der Waals surface area contributed by atoms with E-state index in [0.717, 1.165) is 19.6 Å². The van der Waals surface area contributed by atoms with Gasteiger partial charge in [-0.15, -0.1) is 11.3 Å². The minimum Gasteiger partial charge on any atom is -0.472 e. The van der Waals surface area contributed by atoms with Crippen LogP contribution in [-0.4, -0.2) is 25.0 Å². The van der Waals surface area contributed by atoms with Gasteiger partial charge in [0.25, 0.3) is 0 Å². The first-order chi connectivity index (χ1) is 8.75. The third kappa shape index (κ3) is 3.98. The van der Waals surface area contributed by atoms with Crippen LogP contribution >= 0.6 is 11.3 Å². The van der Waals surface area contributed by atoms with Crippen molar-refractivity contribution in [2.45, 2.75) is 19.5 Å². The summed E-state index contributed by atoms with van der Waals surface area (Å²) in [4.78, 5) is 3.69. The molecule has 98 valence electrons. The highest BCUT2D eigenvalue weighted by atomic mass is 32.1. The number of furan rings is 1. The van der Waals surface area contributed by atoms with Gasteiger partial charge in [0.15, 0.2) is 0 Å². The average Bonchev–Trinajstić information content (AvgIpc) is 3.00. The Bertz CT molecular complexity index is 425. The Morgan fingerprint density at radius 1 is 1.44 bits per heavy atom. The molecule has 0 saturated heterocycles. The monoisotopic (exact) mass is 264 g/mol. The van der Waals surface area contributed by atoms with Crippen molar-refractivity contribution < 1.29 is 4.42 Å². The number of hydrogen-bond acceptors (Lipinski definition) is 4. The maximum absolute atomic E-state index is 5.07. The van der Waals surface area contributed by atoms with Crippen molar-refractivity contribution >= 4 is 11.3 Å². The van der Waals surface area contributed by atoms with E-state index in [4.69, 9.17) is 4.42 Å². The first-order valence-electron chi connectivity index (χ1n) is 6.22. The van der Waals surface area contributed by atoms with Gasteiger partial charge in [0.1, 0.15) is 0 Å². The topological polar surface area (TPSA) is 28.4 Å². The molecule has 0 aliphatic carbocycles. The Labute approximate surface area is 112 Å². The van der Waals surface area contributed by atoms with Gasteiger partial charge in [-0.1, -0.05) is 6.07 Å². The molecule has 0 aromatic carbocycles. The van der Waals surface area contributed by atoms with Gasteiger partial charge in [-0.2, -0.15) is 0 Å². The van der Waals surface area contributed by atoms with Gasteiger partial charge >= 0.3 is 0 Å². The third-order valence-corrected chi connectivity index (χ3v) is 4.00. The molecule has 0 saturated carbocycles. The van der Waals surface area contributed by atoms with E-state index in [0.29, 0.717) is 6.04 Å². The lowest BCUT2D eigenvalue weighted by Crippen LogP contribution is -2.30. The second-order valence-corrected chi connectivity index (χ2v) is 5.54. The number of hydrogen-bond donors (Lipinski definition) is 1. The fourth-order valence-electron chi connectivity index (χ4n) is 1.88. The van der Waals surface area contributed by atoms with E-state index < -0.39 is 0 Å². The Morgan fingerprint density at radius 2 is 2.33 bits per heavy atom. The second-order valence-electron chi connectivity index (χ2n) is 4.56. The summed E-state index contributed by atoms with van der Waals surface area (Å²) < 4.78 is 5.07. The maximum atomic E-state index is 5.07. The molecule has 0 radical (unpaired) electrons. The lowest BCUT2D eigenvalue weighted by molar-refractivity contribution is 0.318. The van der Waals surface area contributed by atoms with E-state index in [1.165, 1.54) is 10.4 Å². The van der Waals surface area contributed by atoms with Gasteiger partial charge in [-0.05, 0) is 31.5 Å². The normalized spacial score (nSPS) is 13.1. The van der Waals surface area contributed by atoms with Crippen molar-refractivity contribution in [3.63, 3.8) is 0 Å². The first kappa shape index (κ1) is 13.3. The summed E-state index contributed by atoms with van der Waals surface area (Å²) in [5.41, 5.74) is 1.23. The summed E-state index contributed by atoms with van der Waals surface area (Å²) in [6, 6.07) is 6.73. The second kappa shape index (κ2) is 6.73. The van der Waals surface area contributed by atoms with Crippen LogP contribution in [0.1, 0.15) is 23.4 Å². The number of thiophene rings is 1. The molecule has 18 heavy (non-hydrogen) atoms. The number of nitrogens with one attached hydrogen (secondary N) is 1. The van der Waals surface area contributed by atoms with Crippen molar-refractivity contribution in [1.29, 1.82) is 0 Å². The lowest BCUT2D eigenvalue weighted by atomic mass is 10.2. The molecule has 3 nitrogen and oxygen atoms in total. The van der Waals surface area contributed by atoms with Gasteiger partial charge < -0.3 is 14.6 Å². The predicted octanol–water partition coefficient (Wildman–Crippen LogP) is 3.12. The predicted molar refractivity (Wildman–Crippen MR) is 75.8 cm³/mol. The summed E-state index contributed by atoms with van der Waals surface area (Å²) >= 11 is 1.81. The summed E-state index contributed by atoms with van der Waals surface area (Å²) in [5, 5.41) is 5.66. The molecular formula is C14H20N2OS. The molecule has 0 aliphatic rings. The Balaban J connectivity index is 1.66. The van der Waals surface area contributed by atoms with E-state index in [2.05, 4.69) is 41.7 Å². The molecule has 0 fully saturated rings. The molecule has 1 unspecified atom stereocenters. The largest absolute Gasteiger partial charge is 0.472 e. The minimum atomic E-state index is 0.437. The van der Waals surface area contributed by atoms with Gasteiger partial charge in [-0.25, -0.2) is 0 Å². The number of likely N-dealkylation sites (N-methyl/N-ethyl adjacent to an activating group) is 1. The third-order valence-electron chi connectivity index (χ3n) is 2.95. The van der Waals surface area contributed by atoms with E-state index >= 15 is 0 Å². The van der Waals surface area contributed by atoms with Crippen LogP contribution in [-0.2, 0) is 6.54 Å². The summed E-state index contributed by atoms with van der Waals surface area (Å²) in [7, 11) is 2.13. The molecule has 0 spiro atoms. The van der Waals surface area contributed by atoms with Crippen LogP contribution in [0.2, 0.25) is 0 Å². The van der Waals surface area contributed by atoms with Gasteiger partial charge in [0, 0.05) is 36.1 Å². The highest BCUT2D eigenvalue weighted by molar-refractivity contribution is 7.10. The van der Waals surface area contributed by atoms with Crippen molar-refractivity contribution in [1.82, 2.24) is 10.2 Å². The van der Waals surface area contributed by atoms with Gasteiger partial charge in [0.2, 0.25) is 0 Å². The Morgan fingerprint density at radius 3 is 3.00 bits per heavy atom.